The van der Waals surface area contributed by atoms with Crippen LogP contribution in [0, 0.1) is 12.3 Å². The van der Waals surface area contributed by atoms with Crippen LogP contribution in [0.5, 0.6) is 0 Å². The lowest BCUT2D eigenvalue weighted by atomic mass is 9.72. The van der Waals surface area contributed by atoms with E-state index >= 15 is 0 Å². The van der Waals surface area contributed by atoms with Gasteiger partial charge in [-0.25, -0.2) is 9.97 Å². The van der Waals surface area contributed by atoms with Crippen molar-refractivity contribution in [3.05, 3.63) is 18.0 Å². The average Bonchev–Trinajstić information content (AvgIpc) is 2.35. The number of hydrogen-bond acceptors (Lipinski definition) is 4. The first kappa shape index (κ1) is 12.8. The Morgan fingerprint density at radius 1 is 1.44 bits per heavy atom. The van der Waals surface area contributed by atoms with Crippen LogP contribution in [0.25, 0.3) is 0 Å². The molecule has 1 aromatic rings. The molecule has 1 aliphatic rings. The molecule has 0 aliphatic heterocycles. The summed E-state index contributed by atoms with van der Waals surface area (Å²) < 4.78 is 0. The Labute approximate surface area is 107 Å². The van der Waals surface area contributed by atoms with Crippen molar-refractivity contribution in [1.29, 1.82) is 0 Å². The number of carboxylic acid groups (broad SMARTS) is 1. The molecular weight excluding hydrogens is 230 g/mol. The third kappa shape index (κ3) is 2.44. The first-order chi connectivity index (χ1) is 8.52. The topological polar surface area (TPSA) is 75.1 Å². The second-order valence-electron chi connectivity index (χ2n) is 5.25. The molecule has 0 bridgehead atoms. The fourth-order valence-electron chi connectivity index (χ4n) is 2.44. The fraction of sp³-hybridized carbons (Fsp3) is 0.615. The molecule has 0 radical (unpaired) electrons. The molecule has 2 atom stereocenters. The highest BCUT2D eigenvalue weighted by atomic mass is 16.4. The van der Waals surface area contributed by atoms with Crippen LogP contribution in [0.2, 0.25) is 0 Å². The smallest absolute Gasteiger partial charge is 0.311 e. The minimum absolute atomic E-state index is 0.105. The van der Waals surface area contributed by atoms with Crippen molar-refractivity contribution >= 4 is 11.9 Å². The number of aliphatic carboxylic acids is 1. The molecule has 18 heavy (non-hydrogen) atoms. The molecule has 0 saturated heterocycles. The first-order valence-corrected chi connectivity index (χ1v) is 6.31. The van der Waals surface area contributed by atoms with Gasteiger partial charge in [-0.1, -0.05) is 12.8 Å². The second-order valence-corrected chi connectivity index (χ2v) is 5.25. The minimum Gasteiger partial charge on any atom is -0.481 e. The lowest BCUT2D eigenvalue weighted by Gasteiger charge is -2.38. The number of carboxylic acids is 1. The number of nitrogens with one attached hydrogen (secondary N) is 1. The van der Waals surface area contributed by atoms with Gasteiger partial charge in [0.05, 0.1) is 5.41 Å². The van der Waals surface area contributed by atoms with Crippen LogP contribution in [-0.4, -0.2) is 27.1 Å². The number of aromatic nitrogens is 2. The van der Waals surface area contributed by atoms with E-state index in [2.05, 4.69) is 15.3 Å². The van der Waals surface area contributed by atoms with Crippen molar-refractivity contribution in [1.82, 2.24) is 9.97 Å². The normalized spacial score (nSPS) is 27.8. The summed E-state index contributed by atoms with van der Waals surface area (Å²) in [6.07, 6.45) is 7.03. The van der Waals surface area contributed by atoms with Crippen LogP contribution in [0.15, 0.2) is 12.4 Å². The van der Waals surface area contributed by atoms with Gasteiger partial charge in [0, 0.05) is 18.4 Å². The largest absolute Gasteiger partial charge is 0.481 e. The monoisotopic (exact) mass is 249 g/mol. The number of rotatable bonds is 3. The fourth-order valence-corrected chi connectivity index (χ4v) is 2.44. The maximum Gasteiger partial charge on any atom is 0.311 e. The Bertz CT molecular complexity index is 432. The van der Waals surface area contributed by atoms with Crippen molar-refractivity contribution in [2.24, 2.45) is 5.41 Å². The lowest BCUT2D eigenvalue weighted by Crippen LogP contribution is -2.46. The van der Waals surface area contributed by atoms with Crippen LogP contribution in [0.3, 0.4) is 0 Å². The second kappa shape index (κ2) is 4.92. The van der Waals surface area contributed by atoms with Crippen LogP contribution >= 0.6 is 0 Å². The van der Waals surface area contributed by atoms with E-state index in [-0.39, 0.29) is 6.04 Å². The van der Waals surface area contributed by atoms with Crippen molar-refractivity contribution in [3.63, 3.8) is 0 Å². The molecule has 0 spiro atoms. The zero-order chi connectivity index (χ0) is 13.2. The summed E-state index contributed by atoms with van der Waals surface area (Å²) in [5, 5.41) is 12.6. The Morgan fingerprint density at radius 3 is 2.72 bits per heavy atom. The number of aryl methyl sites for hydroxylation is 1. The van der Waals surface area contributed by atoms with Crippen molar-refractivity contribution < 1.29 is 9.90 Å². The molecule has 0 aromatic carbocycles. The molecule has 5 nitrogen and oxygen atoms in total. The maximum absolute atomic E-state index is 11.5. The van der Waals surface area contributed by atoms with Gasteiger partial charge in [0.2, 0.25) is 5.95 Å². The van der Waals surface area contributed by atoms with Gasteiger partial charge >= 0.3 is 5.97 Å². The zero-order valence-corrected chi connectivity index (χ0v) is 10.8. The molecule has 5 heteroatoms. The van der Waals surface area contributed by atoms with Gasteiger partial charge in [-0.3, -0.25) is 4.79 Å². The zero-order valence-electron chi connectivity index (χ0n) is 10.8. The molecule has 1 aliphatic carbocycles. The molecule has 1 saturated carbocycles. The van der Waals surface area contributed by atoms with Crippen LogP contribution in [0.1, 0.15) is 38.2 Å². The molecular formula is C13H19N3O2. The van der Waals surface area contributed by atoms with Gasteiger partial charge < -0.3 is 10.4 Å². The summed E-state index contributed by atoms with van der Waals surface area (Å²) >= 11 is 0. The molecule has 1 aromatic heterocycles. The molecule has 98 valence electrons. The van der Waals surface area contributed by atoms with Gasteiger partial charge in [-0.05, 0) is 32.3 Å². The Hall–Kier alpha value is -1.65. The average molecular weight is 249 g/mol. The summed E-state index contributed by atoms with van der Waals surface area (Å²) in [5.41, 5.74) is 0.261. The van der Waals surface area contributed by atoms with E-state index in [1.165, 1.54) is 0 Å². The quantitative estimate of drug-likeness (QED) is 0.859. The Balaban J connectivity index is 2.15. The Morgan fingerprint density at radius 2 is 2.11 bits per heavy atom. The molecule has 1 fully saturated rings. The van der Waals surface area contributed by atoms with Crippen molar-refractivity contribution in [3.8, 4) is 0 Å². The number of anilines is 1. The highest BCUT2D eigenvalue weighted by molar-refractivity contribution is 5.76. The third-order valence-corrected chi connectivity index (χ3v) is 3.78. The van der Waals surface area contributed by atoms with E-state index in [9.17, 15) is 9.90 Å². The SMILES string of the molecule is Cc1cnc(NC2CCCCC2(C)C(=O)O)nc1. The lowest BCUT2D eigenvalue weighted by molar-refractivity contribution is -0.150. The van der Waals surface area contributed by atoms with Crippen molar-refractivity contribution in [2.75, 3.05) is 5.32 Å². The van der Waals surface area contributed by atoms with Gasteiger partial charge in [0.1, 0.15) is 0 Å². The van der Waals surface area contributed by atoms with Crippen LogP contribution in [0.4, 0.5) is 5.95 Å². The molecule has 2 unspecified atom stereocenters. The summed E-state index contributed by atoms with van der Waals surface area (Å²) in [7, 11) is 0. The first-order valence-electron chi connectivity index (χ1n) is 6.31. The number of nitrogens with zero attached hydrogens (tertiary/aromatic N) is 2. The van der Waals surface area contributed by atoms with E-state index in [1.54, 1.807) is 19.3 Å². The van der Waals surface area contributed by atoms with Gasteiger partial charge in [0.15, 0.2) is 0 Å². The summed E-state index contributed by atoms with van der Waals surface area (Å²) in [6.45, 7) is 3.73. The van der Waals surface area contributed by atoms with Gasteiger partial charge in [0.25, 0.3) is 0 Å². The maximum atomic E-state index is 11.5. The summed E-state index contributed by atoms with van der Waals surface area (Å²) in [5.74, 6) is -0.230. The van der Waals surface area contributed by atoms with E-state index < -0.39 is 11.4 Å². The summed E-state index contributed by atoms with van der Waals surface area (Å²) in [6, 6.07) is -0.105. The van der Waals surface area contributed by atoms with E-state index in [1.807, 2.05) is 6.92 Å². The standard InChI is InChI=1S/C13H19N3O2/c1-9-7-14-12(15-8-9)16-10-5-3-4-6-13(10,2)11(17)18/h7-8,10H,3-6H2,1-2H3,(H,17,18)(H,14,15,16). The molecule has 2 N–H and O–H groups in total. The highest BCUT2D eigenvalue weighted by Crippen LogP contribution is 2.37. The van der Waals surface area contributed by atoms with Crippen LogP contribution < -0.4 is 5.32 Å². The predicted octanol–water partition coefficient (Wildman–Crippen LogP) is 2.23. The van der Waals surface area contributed by atoms with Crippen molar-refractivity contribution in [2.45, 2.75) is 45.6 Å². The molecule has 1 heterocycles. The van der Waals surface area contributed by atoms with E-state index in [0.717, 1.165) is 24.8 Å². The third-order valence-electron chi connectivity index (χ3n) is 3.78. The molecule has 0 amide bonds. The van der Waals surface area contributed by atoms with Crippen LogP contribution in [-0.2, 0) is 4.79 Å². The minimum atomic E-state index is -0.744. The number of carbonyl (C=O) groups is 1. The van der Waals surface area contributed by atoms with Gasteiger partial charge in [-0.2, -0.15) is 0 Å². The highest BCUT2D eigenvalue weighted by Gasteiger charge is 2.43. The van der Waals surface area contributed by atoms with Gasteiger partial charge in [-0.15, -0.1) is 0 Å². The summed E-state index contributed by atoms with van der Waals surface area (Å²) in [4.78, 5) is 19.8. The van der Waals surface area contributed by atoms with E-state index in [0.29, 0.717) is 12.4 Å². The Kier molecular flexibility index (Phi) is 3.50. The molecule has 2 rings (SSSR count). The number of hydrogen-bond donors (Lipinski definition) is 2. The predicted molar refractivity (Wildman–Crippen MR) is 68.4 cm³/mol. The van der Waals surface area contributed by atoms with E-state index in [4.69, 9.17) is 0 Å².